The maximum atomic E-state index is 10.9. The van der Waals surface area contributed by atoms with Gasteiger partial charge in [0, 0.05) is 17.9 Å². The Balaban J connectivity index is 2.30. The summed E-state index contributed by atoms with van der Waals surface area (Å²) in [4.78, 5) is 21.7. The topological polar surface area (TPSA) is 66.4 Å². The number of nitrogens with one attached hydrogen (secondary N) is 1. The standard InChI is InChI=1S/C11H19NO3S/c1-8(13)12-10(11(14)15)7-16-9-5-3-2-4-6-9/h9-10H,2-7H2,1H3,(H,12,13)(H,14,15). The molecule has 1 aliphatic carbocycles. The average Bonchev–Trinajstić information content (AvgIpc) is 2.25. The number of aliphatic carboxylic acids is 1. The van der Waals surface area contributed by atoms with E-state index in [0.717, 1.165) is 0 Å². The highest BCUT2D eigenvalue weighted by Gasteiger charge is 2.21. The second-order valence-electron chi connectivity index (χ2n) is 4.18. The molecule has 2 N–H and O–H groups in total. The minimum Gasteiger partial charge on any atom is -0.480 e. The number of hydrogen-bond donors (Lipinski definition) is 2. The van der Waals surface area contributed by atoms with Gasteiger partial charge in [-0.25, -0.2) is 4.79 Å². The molecule has 1 aliphatic rings. The lowest BCUT2D eigenvalue weighted by Crippen LogP contribution is -2.41. The average molecular weight is 245 g/mol. The number of carbonyl (C=O) groups is 2. The van der Waals surface area contributed by atoms with Gasteiger partial charge >= 0.3 is 5.97 Å². The lowest BCUT2D eigenvalue weighted by molar-refractivity contribution is -0.140. The summed E-state index contributed by atoms with van der Waals surface area (Å²) in [6, 6.07) is -0.746. The van der Waals surface area contributed by atoms with Gasteiger partial charge < -0.3 is 10.4 Å². The molecule has 92 valence electrons. The van der Waals surface area contributed by atoms with Gasteiger partial charge in [0.15, 0.2) is 0 Å². The molecule has 4 nitrogen and oxygen atoms in total. The summed E-state index contributed by atoms with van der Waals surface area (Å²) in [7, 11) is 0. The molecule has 0 aromatic heterocycles. The fraction of sp³-hybridized carbons (Fsp3) is 0.818. The van der Waals surface area contributed by atoms with E-state index in [1.807, 2.05) is 0 Å². The summed E-state index contributed by atoms with van der Waals surface area (Å²) < 4.78 is 0. The number of hydrogen-bond acceptors (Lipinski definition) is 3. The molecule has 0 saturated heterocycles. The van der Waals surface area contributed by atoms with Gasteiger partial charge in [-0.1, -0.05) is 19.3 Å². The van der Waals surface area contributed by atoms with Crippen LogP contribution in [0.3, 0.4) is 0 Å². The van der Waals surface area contributed by atoms with Crippen molar-refractivity contribution in [1.82, 2.24) is 5.32 Å². The molecule has 1 fully saturated rings. The van der Waals surface area contributed by atoms with Gasteiger partial charge in [0.2, 0.25) is 5.91 Å². The lowest BCUT2D eigenvalue weighted by atomic mass is 10.0. The van der Waals surface area contributed by atoms with Gasteiger partial charge in [0.25, 0.3) is 0 Å². The predicted molar refractivity (Wildman–Crippen MR) is 64.6 cm³/mol. The number of thioether (sulfide) groups is 1. The summed E-state index contributed by atoms with van der Waals surface area (Å²) in [6.07, 6.45) is 6.14. The van der Waals surface area contributed by atoms with Crippen LogP contribution in [0.5, 0.6) is 0 Å². The summed E-state index contributed by atoms with van der Waals surface area (Å²) in [5.74, 6) is -0.755. The van der Waals surface area contributed by atoms with Crippen molar-refractivity contribution in [2.75, 3.05) is 5.75 Å². The first-order valence-electron chi connectivity index (χ1n) is 5.71. The summed E-state index contributed by atoms with van der Waals surface area (Å²) in [5.41, 5.74) is 0. The molecule has 0 spiro atoms. The third-order valence-corrected chi connectivity index (χ3v) is 4.19. The second kappa shape index (κ2) is 6.78. The van der Waals surface area contributed by atoms with Crippen LogP contribution < -0.4 is 5.32 Å². The van der Waals surface area contributed by atoms with E-state index in [2.05, 4.69) is 5.32 Å². The molecule has 16 heavy (non-hydrogen) atoms. The van der Waals surface area contributed by atoms with Gasteiger partial charge in [-0.3, -0.25) is 4.79 Å². The SMILES string of the molecule is CC(=O)NC(CSC1CCCCC1)C(=O)O. The number of rotatable bonds is 5. The first kappa shape index (κ1) is 13.4. The van der Waals surface area contributed by atoms with Crippen LogP contribution in [0.25, 0.3) is 0 Å². The second-order valence-corrected chi connectivity index (χ2v) is 5.52. The Bertz CT molecular complexity index is 252. The highest BCUT2D eigenvalue weighted by atomic mass is 32.2. The van der Waals surface area contributed by atoms with Crippen molar-refractivity contribution in [1.29, 1.82) is 0 Å². The molecule has 0 radical (unpaired) electrons. The molecule has 0 heterocycles. The molecule has 5 heteroatoms. The molecular weight excluding hydrogens is 226 g/mol. The van der Waals surface area contributed by atoms with Crippen molar-refractivity contribution >= 4 is 23.6 Å². The largest absolute Gasteiger partial charge is 0.480 e. The summed E-state index contributed by atoms with van der Waals surface area (Å²) >= 11 is 1.68. The van der Waals surface area contributed by atoms with Crippen molar-refractivity contribution in [3.05, 3.63) is 0 Å². The van der Waals surface area contributed by atoms with E-state index < -0.39 is 12.0 Å². The fourth-order valence-corrected chi connectivity index (χ4v) is 3.24. The molecule has 1 saturated carbocycles. The summed E-state index contributed by atoms with van der Waals surface area (Å²) in [6.45, 7) is 1.35. The van der Waals surface area contributed by atoms with E-state index in [1.165, 1.54) is 39.0 Å². The molecule has 0 aromatic carbocycles. The van der Waals surface area contributed by atoms with Gasteiger partial charge in [0.1, 0.15) is 6.04 Å². The summed E-state index contributed by atoms with van der Waals surface area (Å²) in [5, 5.41) is 12.0. The van der Waals surface area contributed by atoms with E-state index >= 15 is 0 Å². The Morgan fingerprint density at radius 1 is 1.38 bits per heavy atom. The van der Waals surface area contributed by atoms with Gasteiger partial charge in [-0.2, -0.15) is 11.8 Å². The number of carboxylic acids is 1. The van der Waals surface area contributed by atoms with Gasteiger partial charge in [-0.15, -0.1) is 0 Å². The highest BCUT2D eigenvalue weighted by molar-refractivity contribution is 7.99. The smallest absolute Gasteiger partial charge is 0.327 e. The van der Waals surface area contributed by atoms with Crippen LogP contribution in [0.1, 0.15) is 39.0 Å². The minimum absolute atomic E-state index is 0.281. The van der Waals surface area contributed by atoms with Gasteiger partial charge in [-0.05, 0) is 12.8 Å². The zero-order valence-corrected chi connectivity index (χ0v) is 10.4. The van der Waals surface area contributed by atoms with Crippen LogP contribution in [0.4, 0.5) is 0 Å². The zero-order valence-electron chi connectivity index (χ0n) is 9.57. The molecule has 0 aliphatic heterocycles. The number of amides is 1. The molecule has 0 bridgehead atoms. The third-order valence-electron chi connectivity index (χ3n) is 2.73. The van der Waals surface area contributed by atoms with E-state index in [4.69, 9.17) is 5.11 Å². The van der Waals surface area contributed by atoms with Crippen LogP contribution >= 0.6 is 11.8 Å². The van der Waals surface area contributed by atoms with E-state index in [9.17, 15) is 9.59 Å². The maximum Gasteiger partial charge on any atom is 0.327 e. The van der Waals surface area contributed by atoms with E-state index in [-0.39, 0.29) is 5.91 Å². The van der Waals surface area contributed by atoms with Crippen molar-refractivity contribution in [2.24, 2.45) is 0 Å². The zero-order chi connectivity index (χ0) is 12.0. The number of carboxylic acid groups (broad SMARTS) is 1. The van der Waals surface area contributed by atoms with Crippen molar-refractivity contribution < 1.29 is 14.7 Å². The van der Waals surface area contributed by atoms with Crippen LogP contribution in [0.2, 0.25) is 0 Å². The Morgan fingerprint density at radius 3 is 2.50 bits per heavy atom. The molecule has 1 atom stereocenters. The molecule has 1 amide bonds. The molecular formula is C11H19NO3S. The third kappa shape index (κ3) is 4.88. The van der Waals surface area contributed by atoms with Crippen LogP contribution in [0.15, 0.2) is 0 Å². The van der Waals surface area contributed by atoms with Crippen molar-refractivity contribution in [2.45, 2.75) is 50.3 Å². The minimum atomic E-state index is -0.946. The predicted octanol–water partition coefficient (Wildman–Crippen LogP) is 1.64. The lowest BCUT2D eigenvalue weighted by Gasteiger charge is -2.22. The van der Waals surface area contributed by atoms with Crippen LogP contribution in [-0.4, -0.2) is 34.0 Å². The normalized spacial score (nSPS) is 19.1. The molecule has 1 rings (SSSR count). The van der Waals surface area contributed by atoms with Crippen molar-refractivity contribution in [3.8, 4) is 0 Å². The van der Waals surface area contributed by atoms with Gasteiger partial charge in [0.05, 0.1) is 0 Å². The quantitative estimate of drug-likeness (QED) is 0.772. The molecule has 0 aromatic rings. The first-order valence-corrected chi connectivity index (χ1v) is 6.76. The van der Waals surface area contributed by atoms with Crippen LogP contribution in [-0.2, 0) is 9.59 Å². The van der Waals surface area contributed by atoms with E-state index in [0.29, 0.717) is 11.0 Å². The Labute approximate surface area is 100 Å². The fourth-order valence-electron chi connectivity index (χ4n) is 1.88. The Kier molecular flexibility index (Phi) is 5.66. The van der Waals surface area contributed by atoms with E-state index in [1.54, 1.807) is 11.8 Å². The van der Waals surface area contributed by atoms with Crippen LogP contribution in [0, 0.1) is 0 Å². The number of carbonyl (C=O) groups excluding carboxylic acids is 1. The molecule has 1 unspecified atom stereocenters. The Morgan fingerprint density at radius 2 is 2.00 bits per heavy atom. The van der Waals surface area contributed by atoms with Crippen molar-refractivity contribution in [3.63, 3.8) is 0 Å². The maximum absolute atomic E-state index is 10.9. The Hall–Kier alpha value is -0.710. The first-order chi connectivity index (χ1) is 7.59. The highest BCUT2D eigenvalue weighted by Crippen LogP contribution is 2.28. The monoisotopic (exact) mass is 245 g/mol.